The van der Waals surface area contributed by atoms with Crippen LogP contribution in [0.4, 0.5) is 0 Å². The minimum absolute atomic E-state index is 0. The van der Waals surface area contributed by atoms with Gasteiger partial charge in [0.1, 0.15) is 0 Å². The zero-order chi connectivity index (χ0) is 18.4. The monoisotopic (exact) mass is 450 g/mol. The Bertz CT molecular complexity index is 291. The van der Waals surface area contributed by atoms with E-state index in [2.05, 4.69) is 43.5 Å². The summed E-state index contributed by atoms with van der Waals surface area (Å²) in [5.74, 6) is 0. The zero-order valence-electron chi connectivity index (χ0n) is 15.5. The number of hydrogen-bond donors (Lipinski definition) is 1. The summed E-state index contributed by atoms with van der Waals surface area (Å²) in [4.78, 5) is 0. The molecule has 0 aromatic rings. The Hall–Kier alpha value is 1.01. The van der Waals surface area contributed by atoms with Crippen molar-refractivity contribution in [2.24, 2.45) is 0 Å². The average molecular weight is 452 g/mol. The zero-order valence-corrected chi connectivity index (χ0v) is 21.0. The molecule has 142 valence electrons. The van der Waals surface area contributed by atoms with Crippen LogP contribution in [0, 0.1) is 13.8 Å². The molecule has 24 heavy (non-hydrogen) atoms. The molecule has 0 atom stereocenters. The molecule has 1 N–H and O–H groups in total. The molecule has 0 aromatic heterocycles. The van der Waals surface area contributed by atoms with Gasteiger partial charge in [0, 0.05) is 0 Å². The summed E-state index contributed by atoms with van der Waals surface area (Å²) in [6.07, 6.45) is 16.0. The first-order chi connectivity index (χ1) is 10.9. The van der Waals surface area contributed by atoms with Gasteiger partial charge in [0.25, 0.3) is 0 Å². The van der Waals surface area contributed by atoms with Crippen LogP contribution in [0.5, 0.6) is 0 Å². The van der Waals surface area contributed by atoms with Crippen LogP contribution in [-0.2, 0) is 45.7 Å². The largest absolute Gasteiger partial charge is 2.00 e. The average Bonchev–Trinajstić information content (AvgIpc) is 2.48. The van der Waals surface area contributed by atoms with Crippen molar-refractivity contribution in [1.29, 1.82) is 0 Å². The predicted molar refractivity (Wildman–Crippen MR) is 104 cm³/mol. The van der Waals surface area contributed by atoms with E-state index in [1.807, 2.05) is 0 Å². The molecule has 0 amide bonds. The van der Waals surface area contributed by atoms with Gasteiger partial charge in [-0.15, -0.1) is 0 Å². The minimum Gasteiger partial charge on any atom is -0.343 e. The molecule has 0 aromatic carbocycles. The molecule has 0 fully saturated rings. The van der Waals surface area contributed by atoms with Crippen LogP contribution in [-0.4, -0.2) is 13.0 Å². The third kappa shape index (κ3) is 49.5. The van der Waals surface area contributed by atoms with Crippen LogP contribution in [0.25, 0.3) is 0 Å². The molecular weight excluding hydrogens is 417 g/mol. The van der Waals surface area contributed by atoms with Gasteiger partial charge >= 0.3 is 29.9 Å². The van der Waals surface area contributed by atoms with Gasteiger partial charge in [-0.25, -0.2) is 0 Å². The van der Waals surface area contributed by atoms with Crippen molar-refractivity contribution < 1.29 is 36.4 Å². The van der Waals surface area contributed by atoms with E-state index in [9.17, 15) is 8.42 Å². The summed E-state index contributed by atoms with van der Waals surface area (Å²) in [5.41, 5.74) is 0. The molecule has 0 unspecified atom stereocenters. The predicted octanol–water partition coefficient (Wildman–Crippen LogP) is 6.49. The van der Waals surface area contributed by atoms with E-state index in [0.717, 1.165) is 12.8 Å². The molecule has 0 saturated carbocycles. The molecule has 0 radical (unpaired) electrons. The van der Waals surface area contributed by atoms with E-state index >= 15 is 0 Å². The van der Waals surface area contributed by atoms with Crippen LogP contribution in [0.15, 0.2) is 0 Å². The van der Waals surface area contributed by atoms with Crippen molar-refractivity contribution in [2.75, 3.05) is 0 Å². The first-order valence-corrected chi connectivity index (χ1v) is 11.7. The van der Waals surface area contributed by atoms with Crippen LogP contribution in [0.1, 0.15) is 90.9 Å². The Labute approximate surface area is 170 Å². The molecule has 8 heteroatoms. The SMILES string of the molecule is O=S(=O)(O)OP=S.[CH2-]CCCCCCC.[CH2-]CCCCCCC.[Zn+2]. The molecule has 0 bridgehead atoms. The van der Waals surface area contributed by atoms with Gasteiger partial charge in [-0.2, -0.15) is 25.2 Å². The van der Waals surface area contributed by atoms with Gasteiger partial charge in [0.15, 0.2) is 7.58 Å². The van der Waals surface area contributed by atoms with Crippen LogP contribution in [0.2, 0.25) is 0 Å². The van der Waals surface area contributed by atoms with Crippen molar-refractivity contribution >= 4 is 29.8 Å². The summed E-state index contributed by atoms with van der Waals surface area (Å²) in [6, 6.07) is 0. The second-order valence-corrected chi connectivity index (χ2v) is 7.16. The van der Waals surface area contributed by atoms with Crippen LogP contribution in [0.3, 0.4) is 0 Å². The molecule has 4 nitrogen and oxygen atoms in total. The van der Waals surface area contributed by atoms with Crippen LogP contribution >= 0.6 is 7.58 Å². The number of hydrogen-bond acceptors (Lipinski definition) is 4. The van der Waals surface area contributed by atoms with E-state index < -0.39 is 10.4 Å². The first-order valence-electron chi connectivity index (χ1n) is 8.46. The fraction of sp³-hybridized carbons (Fsp3) is 0.875. The smallest absolute Gasteiger partial charge is 0.343 e. The van der Waals surface area contributed by atoms with E-state index in [-0.39, 0.29) is 27.1 Å². The second-order valence-electron chi connectivity index (χ2n) is 5.11. The van der Waals surface area contributed by atoms with Crippen molar-refractivity contribution in [3.63, 3.8) is 0 Å². The fourth-order valence-corrected chi connectivity index (χ4v) is 2.60. The molecule has 0 saturated heterocycles. The summed E-state index contributed by atoms with van der Waals surface area (Å²) in [5, 5.41) is 0. The normalized spacial score (nSPS) is 10.0. The molecule has 0 spiro atoms. The third-order valence-electron chi connectivity index (χ3n) is 2.83. The number of rotatable bonds is 12. The minimum atomic E-state index is -4.29. The molecule has 0 heterocycles. The van der Waals surface area contributed by atoms with Gasteiger partial charge < -0.3 is 13.8 Å². The fourth-order valence-electron chi connectivity index (χ4n) is 1.60. The van der Waals surface area contributed by atoms with Crippen molar-refractivity contribution in [3.8, 4) is 0 Å². The van der Waals surface area contributed by atoms with Gasteiger partial charge in [-0.05, 0) is 11.8 Å². The van der Waals surface area contributed by atoms with Gasteiger partial charge in [0.05, 0.1) is 0 Å². The van der Waals surface area contributed by atoms with Crippen molar-refractivity contribution in [3.05, 3.63) is 13.8 Å². The number of unbranched alkanes of at least 4 members (excludes halogenated alkanes) is 10. The van der Waals surface area contributed by atoms with Gasteiger partial charge in [-0.3, -0.25) is 4.55 Å². The molecule has 0 aliphatic rings. The topological polar surface area (TPSA) is 63.6 Å². The van der Waals surface area contributed by atoms with E-state index in [0.29, 0.717) is 0 Å². The maximum atomic E-state index is 9.49. The van der Waals surface area contributed by atoms with E-state index in [1.54, 1.807) is 0 Å². The Balaban J connectivity index is -0.000000123. The van der Waals surface area contributed by atoms with Gasteiger partial charge in [0.2, 0.25) is 0 Å². The Morgan fingerprint density at radius 2 is 1.21 bits per heavy atom. The molecular formula is C16H35O4PS2Zn. The summed E-state index contributed by atoms with van der Waals surface area (Å²) in [7, 11) is -4.54. The Morgan fingerprint density at radius 3 is 1.38 bits per heavy atom. The quantitative estimate of drug-likeness (QED) is 0.121. The standard InChI is InChI=1S/2C8H17.HO4PS2.Zn/c2*1-3-5-7-8-6-4-2;1-7(2,3)4-5-6;/h2*1,3-8H2,2H3;(H,1,2,3);/q2*-1;;+2. The molecule has 0 aliphatic carbocycles. The Morgan fingerprint density at radius 1 is 0.875 bits per heavy atom. The maximum Gasteiger partial charge on any atom is 2.00 e. The summed E-state index contributed by atoms with van der Waals surface area (Å²) < 4.78 is 30.2. The van der Waals surface area contributed by atoms with Crippen molar-refractivity contribution in [2.45, 2.75) is 90.9 Å². The second kappa shape index (κ2) is 28.8. The first kappa shape index (κ1) is 32.7. The summed E-state index contributed by atoms with van der Waals surface area (Å²) >= 11 is 4.01. The molecule has 0 rings (SSSR count). The van der Waals surface area contributed by atoms with E-state index in [4.69, 9.17) is 4.55 Å². The van der Waals surface area contributed by atoms with Gasteiger partial charge in [-0.1, -0.05) is 78.1 Å². The van der Waals surface area contributed by atoms with Crippen molar-refractivity contribution in [1.82, 2.24) is 0 Å². The molecule has 0 aliphatic heterocycles. The summed E-state index contributed by atoms with van der Waals surface area (Å²) in [6.45, 7) is 12.0. The van der Waals surface area contributed by atoms with Crippen LogP contribution < -0.4 is 0 Å². The van der Waals surface area contributed by atoms with E-state index in [1.165, 1.54) is 64.2 Å². The maximum absolute atomic E-state index is 9.49. The Kier molecular flexibility index (Phi) is 39.2. The third-order valence-corrected chi connectivity index (χ3v) is 4.38.